The fourth-order valence-corrected chi connectivity index (χ4v) is 2.71. The van der Waals surface area contributed by atoms with E-state index in [4.69, 9.17) is 0 Å². The molecule has 0 aromatic heterocycles. The van der Waals surface area contributed by atoms with Crippen molar-refractivity contribution < 1.29 is 4.79 Å². The number of benzene rings is 1. The van der Waals surface area contributed by atoms with Gasteiger partial charge in [0.1, 0.15) is 0 Å². The summed E-state index contributed by atoms with van der Waals surface area (Å²) in [6.45, 7) is 3.65. The molecule has 2 N–H and O–H groups in total. The molecule has 2 saturated heterocycles. The van der Waals surface area contributed by atoms with E-state index in [1.807, 2.05) is 6.07 Å². The lowest BCUT2D eigenvalue weighted by Gasteiger charge is -2.46. The van der Waals surface area contributed by atoms with Crippen LogP contribution in [0.3, 0.4) is 0 Å². The van der Waals surface area contributed by atoms with Gasteiger partial charge in [-0.15, -0.1) is 0 Å². The minimum absolute atomic E-state index is 0.0368. The molecule has 1 spiro atoms. The van der Waals surface area contributed by atoms with Crippen molar-refractivity contribution in [3.63, 3.8) is 0 Å². The van der Waals surface area contributed by atoms with Crippen molar-refractivity contribution in [2.24, 2.45) is 5.41 Å². The minimum Gasteiger partial charge on any atom is -0.354 e. The van der Waals surface area contributed by atoms with Gasteiger partial charge in [-0.25, -0.2) is 5.01 Å². The van der Waals surface area contributed by atoms with Crippen molar-refractivity contribution >= 4 is 5.91 Å². The van der Waals surface area contributed by atoms with Gasteiger partial charge in [0.05, 0.1) is 5.41 Å². The third-order valence-electron chi connectivity index (χ3n) is 4.14. The van der Waals surface area contributed by atoms with E-state index < -0.39 is 0 Å². The van der Waals surface area contributed by atoms with Crippen LogP contribution in [0.2, 0.25) is 0 Å². The molecule has 4 heteroatoms. The van der Waals surface area contributed by atoms with Crippen LogP contribution in [0.4, 0.5) is 0 Å². The van der Waals surface area contributed by atoms with Gasteiger partial charge in [-0.2, -0.15) is 0 Å². The maximum Gasteiger partial charge on any atom is 0.228 e. The van der Waals surface area contributed by atoms with Crippen LogP contribution in [-0.2, 0) is 11.3 Å². The number of hydrogen-bond donors (Lipinski definition) is 2. The van der Waals surface area contributed by atoms with Gasteiger partial charge in [0, 0.05) is 26.2 Å². The average Bonchev–Trinajstić information content (AvgIpc) is 2.45. The lowest BCUT2D eigenvalue weighted by atomic mass is 9.73. The first-order valence-electron chi connectivity index (χ1n) is 6.59. The Morgan fingerprint density at radius 1 is 1.22 bits per heavy atom. The average molecular weight is 245 g/mol. The SMILES string of the molecule is O=C1NCC12CCN(NCc1ccccc1)CC2. The summed E-state index contributed by atoms with van der Waals surface area (Å²) < 4.78 is 0. The smallest absolute Gasteiger partial charge is 0.228 e. The Bertz CT molecular complexity index is 424. The van der Waals surface area contributed by atoms with E-state index in [0.29, 0.717) is 0 Å². The second-order valence-electron chi connectivity index (χ2n) is 5.27. The molecule has 0 aliphatic carbocycles. The number of nitrogens with one attached hydrogen (secondary N) is 2. The first kappa shape index (κ1) is 11.7. The number of hydrogen-bond acceptors (Lipinski definition) is 3. The van der Waals surface area contributed by atoms with Crippen LogP contribution in [-0.4, -0.2) is 30.6 Å². The number of hydrazine groups is 1. The molecule has 0 radical (unpaired) electrons. The fraction of sp³-hybridized carbons (Fsp3) is 0.500. The predicted octanol–water partition coefficient (Wildman–Crippen LogP) is 0.903. The Kier molecular flexibility index (Phi) is 3.06. The van der Waals surface area contributed by atoms with Crippen molar-refractivity contribution in [3.05, 3.63) is 35.9 Å². The van der Waals surface area contributed by atoms with E-state index in [0.717, 1.165) is 39.0 Å². The topological polar surface area (TPSA) is 44.4 Å². The standard InChI is InChI=1S/C14H19N3O/c18-13-14(11-15-13)6-8-17(9-7-14)16-10-12-4-2-1-3-5-12/h1-5,16H,6-11H2,(H,15,18). The summed E-state index contributed by atoms with van der Waals surface area (Å²) in [6.07, 6.45) is 1.95. The summed E-state index contributed by atoms with van der Waals surface area (Å²) in [6, 6.07) is 10.4. The molecule has 4 nitrogen and oxygen atoms in total. The monoisotopic (exact) mass is 245 g/mol. The van der Waals surface area contributed by atoms with Gasteiger partial charge in [0.2, 0.25) is 5.91 Å². The molecule has 1 aromatic rings. The minimum atomic E-state index is -0.0368. The molecule has 2 aliphatic rings. The zero-order chi connectivity index (χ0) is 12.4. The highest BCUT2D eigenvalue weighted by Gasteiger charge is 2.47. The number of piperidine rings is 1. The first-order chi connectivity index (χ1) is 8.78. The van der Waals surface area contributed by atoms with Crippen LogP contribution in [0.15, 0.2) is 30.3 Å². The van der Waals surface area contributed by atoms with Crippen molar-refractivity contribution in [1.29, 1.82) is 0 Å². The molecular weight excluding hydrogens is 226 g/mol. The van der Waals surface area contributed by atoms with Crippen LogP contribution in [0.1, 0.15) is 18.4 Å². The molecule has 0 saturated carbocycles. The number of nitrogens with zero attached hydrogens (tertiary/aromatic N) is 1. The molecule has 1 amide bonds. The summed E-state index contributed by atoms with van der Waals surface area (Å²) in [5.74, 6) is 0.255. The summed E-state index contributed by atoms with van der Waals surface area (Å²) in [5.41, 5.74) is 4.69. The summed E-state index contributed by atoms with van der Waals surface area (Å²) >= 11 is 0. The quantitative estimate of drug-likeness (QED) is 0.778. The highest BCUT2D eigenvalue weighted by atomic mass is 16.2. The molecule has 3 rings (SSSR count). The van der Waals surface area contributed by atoms with Crippen LogP contribution in [0.25, 0.3) is 0 Å². The van der Waals surface area contributed by atoms with E-state index >= 15 is 0 Å². The lowest BCUT2D eigenvalue weighted by Crippen LogP contribution is -2.63. The maximum absolute atomic E-state index is 11.5. The van der Waals surface area contributed by atoms with E-state index in [2.05, 4.69) is 40.0 Å². The molecule has 18 heavy (non-hydrogen) atoms. The van der Waals surface area contributed by atoms with Crippen LogP contribution < -0.4 is 10.7 Å². The summed E-state index contributed by atoms with van der Waals surface area (Å²) in [4.78, 5) is 11.5. The van der Waals surface area contributed by atoms with Gasteiger partial charge >= 0.3 is 0 Å². The number of β-lactam (4-membered cyclic amide) rings is 1. The fourth-order valence-electron chi connectivity index (χ4n) is 2.71. The predicted molar refractivity (Wildman–Crippen MR) is 69.5 cm³/mol. The second-order valence-corrected chi connectivity index (χ2v) is 5.27. The van der Waals surface area contributed by atoms with Gasteiger partial charge in [-0.3, -0.25) is 10.2 Å². The zero-order valence-electron chi connectivity index (χ0n) is 10.5. The van der Waals surface area contributed by atoms with Crippen LogP contribution in [0.5, 0.6) is 0 Å². The van der Waals surface area contributed by atoms with E-state index in [1.54, 1.807) is 0 Å². The molecule has 0 bridgehead atoms. The Morgan fingerprint density at radius 3 is 2.50 bits per heavy atom. The van der Waals surface area contributed by atoms with Gasteiger partial charge in [-0.1, -0.05) is 30.3 Å². The van der Waals surface area contributed by atoms with E-state index in [-0.39, 0.29) is 11.3 Å². The molecule has 1 aromatic carbocycles. The van der Waals surface area contributed by atoms with Gasteiger partial charge in [0.15, 0.2) is 0 Å². The maximum atomic E-state index is 11.5. The van der Waals surface area contributed by atoms with Gasteiger partial charge in [-0.05, 0) is 18.4 Å². The normalized spacial score (nSPS) is 22.6. The Balaban J connectivity index is 1.47. The molecule has 2 fully saturated rings. The molecule has 0 unspecified atom stereocenters. The van der Waals surface area contributed by atoms with Gasteiger partial charge < -0.3 is 5.32 Å². The Hall–Kier alpha value is -1.39. The Labute approximate surface area is 107 Å². The Morgan fingerprint density at radius 2 is 1.94 bits per heavy atom. The number of carbonyl (C=O) groups excluding carboxylic acids is 1. The van der Waals surface area contributed by atoms with E-state index in [1.165, 1.54) is 5.56 Å². The summed E-state index contributed by atoms with van der Waals surface area (Å²) in [7, 11) is 0. The lowest BCUT2D eigenvalue weighted by molar-refractivity contribution is -0.144. The molecule has 2 aliphatic heterocycles. The van der Waals surface area contributed by atoms with Crippen LogP contribution >= 0.6 is 0 Å². The second kappa shape index (κ2) is 4.71. The number of carbonyl (C=O) groups is 1. The third kappa shape index (κ3) is 2.13. The number of rotatable bonds is 3. The summed E-state index contributed by atoms with van der Waals surface area (Å²) in [5, 5.41) is 5.10. The van der Waals surface area contributed by atoms with Crippen molar-refractivity contribution in [3.8, 4) is 0 Å². The van der Waals surface area contributed by atoms with Gasteiger partial charge in [0.25, 0.3) is 0 Å². The molecular formula is C14H19N3O. The molecule has 96 valence electrons. The molecule has 2 heterocycles. The van der Waals surface area contributed by atoms with Crippen molar-refractivity contribution in [2.75, 3.05) is 19.6 Å². The first-order valence-corrected chi connectivity index (χ1v) is 6.59. The number of amides is 1. The van der Waals surface area contributed by atoms with E-state index in [9.17, 15) is 4.79 Å². The highest BCUT2D eigenvalue weighted by Crippen LogP contribution is 2.35. The van der Waals surface area contributed by atoms with Crippen molar-refractivity contribution in [2.45, 2.75) is 19.4 Å². The van der Waals surface area contributed by atoms with Crippen LogP contribution in [0, 0.1) is 5.41 Å². The third-order valence-corrected chi connectivity index (χ3v) is 4.14. The van der Waals surface area contributed by atoms with Crippen molar-refractivity contribution in [1.82, 2.24) is 15.8 Å². The molecule has 0 atom stereocenters. The highest BCUT2D eigenvalue weighted by molar-refractivity contribution is 5.88. The zero-order valence-corrected chi connectivity index (χ0v) is 10.5. The largest absolute Gasteiger partial charge is 0.354 e.